The quantitative estimate of drug-likeness (QED) is 0.239. The molecule has 0 aromatic heterocycles. The molecule has 1 N–H and O–H groups in total. The summed E-state index contributed by atoms with van der Waals surface area (Å²) in [5.41, 5.74) is 2.20. The smallest absolute Gasteiger partial charge is 0.265 e. The van der Waals surface area contributed by atoms with Crippen LogP contribution >= 0.6 is 0 Å². The summed E-state index contributed by atoms with van der Waals surface area (Å²) >= 11 is 0. The molecule has 0 spiro atoms. The van der Waals surface area contributed by atoms with Gasteiger partial charge < -0.3 is 10.2 Å². The molecule has 1 aliphatic rings. The molecule has 218 valence electrons. The molecule has 4 aromatic rings. The fraction of sp³-hybridized carbons (Fsp3) is 0.273. The number of hydrogen-bond donors (Lipinski definition) is 1. The van der Waals surface area contributed by atoms with Gasteiger partial charge in [0.05, 0.1) is 10.6 Å². The predicted octanol–water partition coefficient (Wildman–Crippen LogP) is 5.43. The van der Waals surface area contributed by atoms with Crippen LogP contribution < -0.4 is 9.62 Å². The number of nitrogens with zero attached hydrogens (tertiary/aromatic N) is 2. The minimum atomic E-state index is -3.74. The summed E-state index contributed by atoms with van der Waals surface area (Å²) in [6.45, 7) is 2.67. The average Bonchev–Trinajstić information content (AvgIpc) is 3.22. The molecule has 0 saturated carbocycles. The minimum absolute atomic E-state index is 0.0336. The highest BCUT2D eigenvalue weighted by Crippen LogP contribution is 2.42. The maximum atomic E-state index is 13.9. The van der Waals surface area contributed by atoms with Gasteiger partial charge in [-0.2, -0.15) is 0 Å². The third-order valence-corrected chi connectivity index (χ3v) is 9.38. The van der Waals surface area contributed by atoms with Crippen molar-refractivity contribution in [1.82, 2.24) is 10.2 Å². The molecule has 0 unspecified atom stereocenters. The second-order valence-corrected chi connectivity index (χ2v) is 12.3. The zero-order valence-corrected chi connectivity index (χ0v) is 24.3. The van der Waals surface area contributed by atoms with Crippen molar-refractivity contribution in [1.29, 1.82) is 0 Å². The van der Waals surface area contributed by atoms with Crippen LogP contribution in [0.1, 0.15) is 37.3 Å². The van der Waals surface area contributed by atoms with Crippen molar-refractivity contribution in [3.05, 3.63) is 108 Å². The highest BCUT2D eigenvalue weighted by atomic mass is 32.2. The molecule has 9 heteroatoms. The lowest BCUT2D eigenvalue weighted by molar-refractivity contribution is -0.141. The lowest BCUT2D eigenvalue weighted by Gasteiger charge is -2.32. The number of carbonyl (C=O) groups is 2. The monoisotopic (exact) mass is 587 g/mol. The molecule has 0 bridgehead atoms. The molecular formula is C33H34FN3O4S. The molecule has 2 amide bonds. The lowest BCUT2D eigenvalue weighted by atomic mass is 10.0. The SMILES string of the molecule is CCCNC(=O)[C@@H](Cc1ccccc1)N(Cc1ccc(F)cc1)C(=O)CCCN1c2cccc3cccc(c23)S1(=O)=O. The number of halogens is 1. The van der Waals surface area contributed by atoms with Crippen LogP contribution in [-0.2, 0) is 32.6 Å². The third-order valence-electron chi connectivity index (χ3n) is 7.52. The van der Waals surface area contributed by atoms with E-state index in [4.69, 9.17) is 0 Å². The first-order chi connectivity index (χ1) is 20.3. The van der Waals surface area contributed by atoms with E-state index in [1.807, 2.05) is 55.5 Å². The maximum absolute atomic E-state index is 13.9. The molecule has 1 heterocycles. The van der Waals surface area contributed by atoms with Crippen LogP contribution in [0.25, 0.3) is 10.8 Å². The number of carbonyl (C=O) groups excluding carboxylic acids is 2. The number of sulfonamides is 1. The number of rotatable bonds is 12. The van der Waals surface area contributed by atoms with Crippen LogP contribution in [0.5, 0.6) is 0 Å². The zero-order chi connectivity index (χ0) is 29.7. The first-order valence-corrected chi connectivity index (χ1v) is 15.6. The fourth-order valence-electron chi connectivity index (χ4n) is 5.42. The van der Waals surface area contributed by atoms with Gasteiger partial charge in [0.2, 0.25) is 11.8 Å². The van der Waals surface area contributed by atoms with Crippen LogP contribution in [0.2, 0.25) is 0 Å². The van der Waals surface area contributed by atoms with Gasteiger partial charge in [-0.1, -0.05) is 73.7 Å². The molecule has 5 rings (SSSR count). The van der Waals surface area contributed by atoms with Crippen LogP contribution in [0, 0.1) is 5.82 Å². The zero-order valence-electron chi connectivity index (χ0n) is 23.5. The molecule has 4 aromatic carbocycles. The highest BCUT2D eigenvalue weighted by molar-refractivity contribution is 7.93. The largest absolute Gasteiger partial charge is 0.354 e. The first-order valence-electron chi connectivity index (χ1n) is 14.2. The molecule has 0 radical (unpaired) electrons. The molecule has 7 nitrogen and oxygen atoms in total. The topological polar surface area (TPSA) is 86.8 Å². The van der Waals surface area contributed by atoms with Gasteiger partial charge in [0.15, 0.2) is 0 Å². The Morgan fingerprint density at radius 2 is 1.62 bits per heavy atom. The summed E-state index contributed by atoms with van der Waals surface area (Å²) in [6.07, 6.45) is 1.35. The number of nitrogens with one attached hydrogen (secondary N) is 1. The normalized spacial score (nSPS) is 14.1. The maximum Gasteiger partial charge on any atom is 0.265 e. The number of hydrogen-bond acceptors (Lipinski definition) is 4. The minimum Gasteiger partial charge on any atom is -0.354 e. The van der Waals surface area contributed by atoms with Gasteiger partial charge >= 0.3 is 0 Å². The van der Waals surface area contributed by atoms with Crippen molar-refractivity contribution >= 4 is 38.3 Å². The Balaban J connectivity index is 1.38. The van der Waals surface area contributed by atoms with Crippen molar-refractivity contribution in [2.75, 3.05) is 17.4 Å². The summed E-state index contributed by atoms with van der Waals surface area (Å²) in [7, 11) is -3.74. The van der Waals surface area contributed by atoms with Gasteiger partial charge in [-0.25, -0.2) is 12.8 Å². The van der Waals surface area contributed by atoms with Gasteiger partial charge in [-0.15, -0.1) is 0 Å². The van der Waals surface area contributed by atoms with Crippen LogP contribution in [-0.4, -0.2) is 44.3 Å². The predicted molar refractivity (Wildman–Crippen MR) is 162 cm³/mol. The van der Waals surface area contributed by atoms with E-state index >= 15 is 0 Å². The van der Waals surface area contributed by atoms with Crippen LogP contribution in [0.15, 0.2) is 95.9 Å². The van der Waals surface area contributed by atoms with Gasteiger partial charge in [0.1, 0.15) is 11.9 Å². The molecule has 0 fully saturated rings. The van der Waals surface area contributed by atoms with E-state index in [0.717, 1.165) is 17.4 Å². The Morgan fingerprint density at radius 1 is 0.905 bits per heavy atom. The van der Waals surface area contributed by atoms with E-state index < -0.39 is 16.1 Å². The Morgan fingerprint density at radius 3 is 2.33 bits per heavy atom. The first kappa shape index (κ1) is 29.3. The summed E-state index contributed by atoms with van der Waals surface area (Å²) in [4.78, 5) is 29.1. The number of anilines is 1. The second-order valence-electron chi connectivity index (χ2n) is 10.5. The van der Waals surface area contributed by atoms with Crippen molar-refractivity contribution in [2.24, 2.45) is 0 Å². The highest BCUT2D eigenvalue weighted by Gasteiger charge is 2.36. The van der Waals surface area contributed by atoms with Gasteiger partial charge in [-0.05, 0) is 53.6 Å². The van der Waals surface area contributed by atoms with E-state index in [9.17, 15) is 22.4 Å². The molecule has 0 aliphatic carbocycles. The number of benzene rings is 4. The Bertz CT molecular complexity index is 1670. The Labute approximate surface area is 246 Å². The standard InChI is InChI=1S/C33H34FN3O4S/c1-2-20-35-33(39)29(22-24-9-4-3-5-10-24)36(23-25-16-18-27(34)19-17-25)31(38)15-8-21-37-28-13-6-11-26-12-7-14-30(32(26)28)42(37,40)41/h3-7,9-14,16-19,29H,2,8,15,20-23H2,1H3,(H,35,39)/t29-/m1/s1. The van der Waals surface area contributed by atoms with Crippen molar-refractivity contribution in [2.45, 2.75) is 50.1 Å². The van der Waals surface area contributed by atoms with Gasteiger partial charge in [0, 0.05) is 37.9 Å². The molecule has 0 saturated heterocycles. The number of amides is 2. The summed E-state index contributed by atoms with van der Waals surface area (Å²) in [5, 5.41) is 4.48. The van der Waals surface area contributed by atoms with Crippen molar-refractivity contribution < 1.29 is 22.4 Å². The molecular weight excluding hydrogens is 553 g/mol. The van der Waals surface area contributed by atoms with Gasteiger partial charge in [-0.3, -0.25) is 13.9 Å². The summed E-state index contributed by atoms with van der Waals surface area (Å²) < 4.78 is 41.8. The van der Waals surface area contributed by atoms with Crippen LogP contribution in [0.4, 0.5) is 10.1 Å². The Kier molecular flexibility index (Phi) is 8.87. The van der Waals surface area contributed by atoms with E-state index in [-0.39, 0.29) is 48.5 Å². The van der Waals surface area contributed by atoms with E-state index in [1.165, 1.54) is 16.4 Å². The summed E-state index contributed by atoms with van der Waals surface area (Å²) in [6, 6.07) is 25.3. The second kappa shape index (κ2) is 12.7. The Hall–Kier alpha value is -4.24. The molecule has 1 aliphatic heterocycles. The van der Waals surface area contributed by atoms with Crippen molar-refractivity contribution in [3.8, 4) is 0 Å². The fourth-order valence-corrected chi connectivity index (χ4v) is 7.17. The van der Waals surface area contributed by atoms with E-state index in [1.54, 1.807) is 35.2 Å². The van der Waals surface area contributed by atoms with Gasteiger partial charge in [0.25, 0.3) is 10.0 Å². The lowest BCUT2D eigenvalue weighted by Crippen LogP contribution is -2.50. The summed E-state index contributed by atoms with van der Waals surface area (Å²) in [5.74, 6) is -0.930. The van der Waals surface area contributed by atoms with Crippen molar-refractivity contribution in [3.63, 3.8) is 0 Å². The average molecular weight is 588 g/mol. The van der Waals surface area contributed by atoms with E-state index in [2.05, 4.69) is 5.32 Å². The molecule has 1 atom stereocenters. The molecule has 42 heavy (non-hydrogen) atoms. The van der Waals surface area contributed by atoms with E-state index in [0.29, 0.717) is 29.6 Å². The third kappa shape index (κ3) is 6.16. The van der Waals surface area contributed by atoms with Crippen LogP contribution in [0.3, 0.4) is 0 Å².